The number of carbonyl (C=O) groups excluding carboxylic acids is 1. The van der Waals surface area contributed by atoms with Crippen LogP contribution in [0.1, 0.15) is 11.3 Å². The molecule has 0 spiro atoms. The zero-order valence-electron chi connectivity index (χ0n) is 17.6. The second-order valence-corrected chi connectivity index (χ2v) is 7.80. The molecule has 0 atom stereocenters. The summed E-state index contributed by atoms with van der Waals surface area (Å²) >= 11 is 0. The van der Waals surface area contributed by atoms with Gasteiger partial charge in [0.25, 0.3) is 5.69 Å². The first-order chi connectivity index (χ1) is 16.6. The Bertz CT molecular complexity index is 1620. The predicted molar refractivity (Wildman–Crippen MR) is 130 cm³/mol. The van der Waals surface area contributed by atoms with Crippen molar-refractivity contribution in [2.75, 3.05) is 10.3 Å². The number of amides is 2. The Kier molecular flexibility index (Phi) is 4.38. The molecule has 1 aliphatic rings. The monoisotopic (exact) mass is 448 g/mol. The number of carbonyl (C=O) groups is 1. The van der Waals surface area contributed by atoms with Crippen molar-refractivity contribution in [3.63, 3.8) is 0 Å². The third kappa shape index (κ3) is 3.08. The van der Waals surface area contributed by atoms with Gasteiger partial charge in [0.15, 0.2) is 5.76 Å². The lowest BCUT2D eigenvalue weighted by Gasteiger charge is -2.16. The van der Waals surface area contributed by atoms with E-state index in [1.165, 1.54) is 29.3 Å². The molecule has 4 aromatic carbocycles. The summed E-state index contributed by atoms with van der Waals surface area (Å²) in [6.45, 7) is 0. The van der Waals surface area contributed by atoms with Crippen molar-refractivity contribution < 1.29 is 14.1 Å². The lowest BCUT2D eigenvalue weighted by Crippen LogP contribution is -2.29. The Balaban J connectivity index is 1.60. The molecular formula is C26H16N4O4. The molecule has 8 heteroatoms. The lowest BCUT2D eigenvalue weighted by atomic mass is 10.0. The van der Waals surface area contributed by atoms with Crippen LogP contribution in [0.4, 0.5) is 21.9 Å². The first-order valence-corrected chi connectivity index (χ1v) is 10.5. The first kappa shape index (κ1) is 19.7. The topological polar surface area (TPSA) is 101 Å². The molecule has 2 heterocycles. The normalized spacial score (nSPS) is 13.4. The molecule has 0 saturated carbocycles. The number of anilines is 2. The van der Waals surface area contributed by atoms with E-state index in [0.29, 0.717) is 28.4 Å². The summed E-state index contributed by atoms with van der Waals surface area (Å²) in [6.07, 6.45) is 0. The number of nitro benzene ring substituents is 1. The van der Waals surface area contributed by atoms with Crippen molar-refractivity contribution in [3.05, 3.63) is 112 Å². The van der Waals surface area contributed by atoms with Gasteiger partial charge >= 0.3 is 6.03 Å². The zero-order chi connectivity index (χ0) is 23.2. The molecule has 2 amide bonds. The van der Waals surface area contributed by atoms with Crippen molar-refractivity contribution >= 4 is 50.5 Å². The number of non-ortho nitro benzene ring substituents is 1. The molecule has 34 heavy (non-hydrogen) atoms. The van der Waals surface area contributed by atoms with E-state index in [1.807, 2.05) is 66.7 Å². The average Bonchev–Trinajstić information content (AvgIpc) is 3.16. The highest BCUT2D eigenvalue weighted by Gasteiger charge is 2.30. The number of rotatable bonds is 3. The maximum absolute atomic E-state index is 13.4. The fourth-order valence-electron chi connectivity index (χ4n) is 4.18. The molecule has 6 rings (SSSR count). The molecule has 0 fully saturated rings. The van der Waals surface area contributed by atoms with Crippen LogP contribution in [0, 0.1) is 10.1 Å². The van der Waals surface area contributed by atoms with Gasteiger partial charge in [-0.3, -0.25) is 10.1 Å². The summed E-state index contributed by atoms with van der Waals surface area (Å²) in [5, 5.41) is 22.6. The SMILES string of the molecule is O=C1Nc2c(oc3ccc4ccccc4c23)C(c2ccccc2)=NN1c1ccc([N+](=O)[O-])cc1. The van der Waals surface area contributed by atoms with E-state index in [0.717, 1.165) is 21.7 Å². The van der Waals surface area contributed by atoms with Crippen LogP contribution in [-0.4, -0.2) is 16.7 Å². The van der Waals surface area contributed by atoms with Gasteiger partial charge in [0.2, 0.25) is 0 Å². The minimum Gasteiger partial charge on any atom is -0.452 e. The molecule has 1 N–H and O–H groups in total. The van der Waals surface area contributed by atoms with E-state index in [2.05, 4.69) is 10.4 Å². The standard InChI is InChI=1S/C26H16N4O4/c31-26-27-24-22-20-9-5-4-6-16(20)10-15-21(22)34-25(24)23(17-7-2-1-3-8-17)28-29(26)18-11-13-19(14-12-18)30(32)33/h1-15H,(H,27,31). The smallest absolute Gasteiger partial charge is 0.347 e. The van der Waals surface area contributed by atoms with Gasteiger partial charge in [0.1, 0.15) is 11.3 Å². The number of urea groups is 1. The van der Waals surface area contributed by atoms with Crippen molar-refractivity contribution in [1.29, 1.82) is 0 Å². The minimum atomic E-state index is -0.503. The molecule has 0 bridgehead atoms. The minimum absolute atomic E-state index is 0.0735. The summed E-state index contributed by atoms with van der Waals surface area (Å²) < 4.78 is 6.27. The van der Waals surface area contributed by atoms with Gasteiger partial charge in [-0.05, 0) is 29.0 Å². The fourth-order valence-corrected chi connectivity index (χ4v) is 4.18. The number of hydrazone groups is 1. The number of furan rings is 1. The Hall–Kier alpha value is -4.98. The summed E-state index contributed by atoms with van der Waals surface area (Å²) in [7, 11) is 0. The zero-order valence-corrected chi connectivity index (χ0v) is 17.6. The van der Waals surface area contributed by atoms with Crippen LogP contribution in [0.15, 0.2) is 101 Å². The summed E-state index contributed by atoms with van der Waals surface area (Å²) in [6, 6.07) is 26.3. The summed E-state index contributed by atoms with van der Waals surface area (Å²) in [5.41, 5.74) is 2.70. The van der Waals surface area contributed by atoms with Crippen LogP contribution < -0.4 is 10.3 Å². The average molecular weight is 448 g/mol. The first-order valence-electron chi connectivity index (χ1n) is 10.5. The van der Waals surface area contributed by atoms with Gasteiger partial charge in [0, 0.05) is 17.7 Å². The van der Waals surface area contributed by atoms with Gasteiger partial charge in [-0.25, -0.2) is 4.79 Å². The number of fused-ring (bicyclic) bond motifs is 5. The highest BCUT2D eigenvalue weighted by molar-refractivity contribution is 6.26. The van der Waals surface area contributed by atoms with E-state index in [4.69, 9.17) is 4.42 Å². The summed E-state index contributed by atoms with van der Waals surface area (Å²) in [5.74, 6) is 0.440. The predicted octanol–water partition coefficient (Wildman–Crippen LogP) is 6.30. The number of hydrogen-bond donors (Lipinski definition) is 1. The molecule has 164 valence electrons. The van der Waals surface area contributed by atoms with Crippen molar-refractivity contribution in [2.24, 2.45) is 5.10 Å². The highest BCUT2D eigenvalue weighted by atomic mass is 16.6. The van der Waals surface area contributed by atoms with Gasteiger partial charge in [-0.1, -0.05) is 60.7 Å². The van der Waals surface area contributed by atoms with Gasteiger partial charge < -0.3 is 9.73 Å². The molecule has 1 aliphatic heterocycles. The van der Waals surface area contributed by atoms with Crippen LogP contribution in [0.25, 0.3) is 21.7 Å². The van der Waals surface area contributed by atoms with E-state index in [9.17, 15) is 14.9 Å². The largest absolute Gasteiger partial charge is 0.452 e. The van der Waals surface area contributed by atoms with Crippen LogP contribution in [0.3, 0.4) is 0 Å². The van der Waals surface area contributed by atoms with E-state index >= 15 is 0 Å². The van der Waals surface area contributed by atoms with Crippen molar-refractivity contribution in [2.45, 2.75) is 0 Å². The fraction of sp³-hybridized carbons (Fsp3) is 0. The van der Waals surface area contributed by atoms with Crippen LogP contribution in [0.2, 0.25) is 0 Å². The van der Waals surface area contributed by atoms with Gasteiger partial charge in [0.05, 0.1) is 21.7 Å². The Morgan fingerprint density at radius 2 is 1.62 bits per heavy atom. The van der Waals surface area contributed by atoms with Crippen LogP contribution in [-0.2, 0) is 0 Å². The van der Waals surface area contributed by atoms with Gasteiger partial charge in [-0.2, -0.15) is 10.1 Å². The maximum atomic E-state index is 13.4. The van der Waals surface area contributed by atoms with Crippen LogP contribution >= 0.6 is 0 Å². The second-order valence-electron chi connectivity index (χ2n) is 7.80. The van der Waals surface area contributed by atoms with Gasteiger partial charge in [-0.15, -0.1) is 0 Å². The Morgan fingerprint density at radius 3 is 2.38 bits per heavy atom. The molecule has 0 unspecified atom stereocenters. The van der Waals surface area contributed by atoms with E-state index in [-0.39, 0.29) is 5.69 Å². The van der Waals surface area contributed by atoms with E-state index < -0.39 is 11.0 Å². The van der Waals surface area contributed by atoms with E-state index in [1.54, 1.807) is 0 Å². The molecule has 0 aliphatic carbocycles. The van der Waals surface area contributed by atoms with Crippen LogP contribution in [0.5, 0.6) is 0 Å². The number of benzene rings is 4. The number of nitrogens with one attached hydrogen (secondary N) is 1. The maximum Gasteiger partial charge on any atom is 0.347 e. The molecule has 8 nitrogen and oxygen atoms in total. The molecule has 1 aromatic heterocycles. The third-order valence-electron chi connectivity index (χ3n) is 5.77. The van der Waals surface area contributed by atoms with Crippen molar-refractivity contribution in [1.82, 2.24) is 0 Å². The Morgan fingerprint density at radius 1 is 0.882 bits per heavy atom. The highest BCUT2D eigenvalue weighted by Crippen LogP contribution is 2.39. The third-order valence-corrected chi connectivity index (χ3v) is 5.77. The Labute approximate surface area is 192 Å². The number of nitrogens with zero attached hydrogens (tertiary/aromatic N) is 3. The molecule has 0 saturated heterocycles. The second kappa shape index (κ2) is 7.56. The number of hydrogen-bond acceptors (Lipinski definition) is 5. The number of nitro groups is 1. The molecule has 0 radical (unpaired) electrons. The molecular weight excluding hydrogens is 432 g/mol. The van der Waals surface area contributed by atoms with Crippen molar-refractivity contribution in [3.8, 4) is 0 Å². The summed E-state index contributed by atoms with van der Waals surface area (Å²) in [4.78, 5) is 24.0. The lowest BCUT2D eigenvalue weighted by molar-refractivity contribution is -0.384. The quantitative estimate of drug-likeness (QED) is 0.258. The molecule has 5 aromatic rings.